The zero-order valence-electron chi connectivity index (χ0n) is 19.9. The highest BCUT2D eigenvalue weighted by molar-refractivity contribution is 7.89. The lowest BCUT2D eigenvalue weighted by atomic mass is 9.81. The molecule has 2 aromatic carbocycles. The van der Waals surface area contributed by atoms with Gasteiger partial charge in [0, 0.05) is 36.7 Å². The highest BCUT2D eigenvalue weighted by atomic mass is 32.2. The molecule has 1 unspecified atom stereocenters. The number of ether oxygens (including phenoxy) is 1. The maximum absolute atomic E-state index is 13.7. The third kappa shape index (κ3) is 4.62. The molecule has 186 valence electrons. The molecule has 3 aromatic rings. The maximum atomic E-state index is 13.7. The minimum Gasteiger partial charge on any atom is -0.379 e. The smallest absolute Gasteiger partial charge is 0.243 e. The Morgan fingerprint density at radius 3 is 2.53 bits per heavy atom. The number of carbonyl (C=O) groups is 1. The molecule has 1 atom stereocenters. The number of amides is 1. The number of hydrazone groups is 1. The number of pyridine rings is 1. The van der Waals surface area contributed by atoms with Crippen LogP contribution in [0.1, 0.15) is 12.5 Å². The van der Waals surface area contributed by atoms with E-state index in [1.807, 2.05) is 43.3 Å². The maximum Gasteiger partial charge on any atom is 0.243 e. The van der Waals surface area contributed by atoms with Crippen molar-refractivity contribution >= 4 is 33.0 Å². The molecule has 36 heavy (non-hydrogen) atoms. The molecular formula is C26H27N5O4S. The lowest BCUT2D eigenvalue weighted by molar-refractivity contribution is -0.121. The predicted molar refractivity (Wildman–Crippen MR) is 137 cm³/mol. The molecule has 1 aromatic heterocycles. The third-order valence-corrected chi connectivity index (χ3v) is 8.29. The number of nitrogens with zero attached hydrogens (tertiary/aromatic N) is 4. The Bertz CT molecular complexity index is 1380. The Balaban J connectivity index is 1.43. The van der Waals surface area contributed by atoms with Crippen molar-refractivity contribution in [3.63, 3.8) is 0 Å². The SMILES string of the molecule is CC1(C(=O)Nc2cccc(S(=O)(=O)N3CCOCC3)c2)CN(c2ccccc2)N=C1c1cccnc1. The molecule has 1 fully saturated rings. The fraction of sp³-hybridized carbons (Fsp3) is 0.269. The Morgan fingerprint density at radius 1 is 1.03 bits per heavy atom. The number of benzene rings is 2. The van der Waals surface area contributed by atoms with Crippen molar-refractivity contribution in [2.75, 3.05) is 43.2 Å². The van der Waals surface area contributed by atoms with Crippen LogP contribution >= 0.6 is 0 Å². The number of hydrogen-bond acceptors (Lipinski definition) is 7. The number of rotatable bonds is 6. The van der Waals surface area contributed by atoms with Crippen LogP contribution in [0.3, 0.4) is 0 Å². The fourth-order valence-corrected chi connectivity index (χ4v) is 5.84. The molecule has 3 heterocycles. The molecule has 1 amide bonds. The van der Waals surface area contributed by atoms with Crippen molar-refractivity contribution in [1.29, 1.82) is 0 Å². The summed E-state index contributed by atoms with van der Waals surface area (Å²) in [5.41, 5.74) is 1.59. The van der Waals surface area contributed by atoms with E-state index in [9.17, 15) is 13.2 Å². The van der Waals surface area contributed by atoms with Crippen molar-refractivity contribution < 1.29 is 17.9 Å². The zero-order chi connectivity index (χ0) is 25.2. The van der Waals surface area contributed by atoms with E-state index >= 15 is 0 Å². The molecular weight excluding hydrogens is 478 g/mol. The van der Waals surface area contributed by atoms with Gasteiger partial charge in [0.25, 0.3) is 0 Å². The molecule has 0 bridgehead atoms. The lowest BCUT2D eigenvalue weighted by Gasteiger charge is -2.27. The molecule has 9 nitrogen and oxygen atoms in total. The topological polar surface area (TPSA) is 104 Å². The number of aromatic nitrogens is 1. The summed E-state index contributed by atoms with van der Waals surface area (Å²) in [4.78, 5) is 18.1. The van der Waals surface area contributed by atoms with Gasteiger partial charge in [0.2, 0.25) is 15.9 Å². The molecule has 0 saturated carbocycles. The number of nitrogens with one attached hydrogen (secondary N) is 1. The van der Waals surface area contributed by atoms with Crippen molar-refractivity contribution in [2.45, 2.75) is 11.8 Å². The van der Waals surface area contributed by atoms with Crippen molar-refractivity contribution in [1.82, 2.24) is 9.29 Å². The first kappa shape index (κ1) is 24.1. The van der Waals surface area contributed by atoms with Crippen LogP contribution in [0.5, 0.6) is 0 Å². The molecule has 0 aliphatic carbocycles. The summed E-state index contributed by atoms with van der Waals surface area (Å²) < 4.78 is 32.9. The first-order valence-corrected chi connectivity index (χ1v) is 13.1. The van der Waals surface area contributed by atoms with Crippen LogP contribution in [0.25, 0.3) is 0 Å². The fourth-order valence-electron chi connectivity index (χ4n) is 4.39. The van der Waals surface area contributed by atoms with Crippen molar-refractivity contribution in [2.24, 2.45) is 10.5 Å². The average molecular weight is 506 g/mol. The number of anilines is 2. The van der Waals surface area contributed by atoms with Gasteiger partial charge < -0.3 is 10.1 Å². The van der Waals surface area contributed by atoms with Gasteiger partial charge in [-0.15, -0.1) is 0 Å². The van der Waals surface area contributed by atoms with Crippen molar-refractivity contribution in [3.05, 3.63) is 84.7 Å². The number of para-hydroxylation sites is 1. The van der Waals surface area contributed by atoms with Gasteiger partial charge in [-0.3, -0.25) is 14.8 Å². The van der Waals surface area contributed by atoms with Gasteiger partial charge in [0.1, 0.15) is 5.41 Å². The molecule has 0 spiro atoms. The van der Waals surface area contributed by atoms with E-state index in [0.29, 0.717) is 44.2 Å². The summed E-state index contributed by atoms with van der Waals surface area (Å²) in [5, 5.41) is 9.54. The van der Waals surface area contributed by atoms with Crippen LogP contribution in [0.15, 0.2) is 89.1 Å². The Kier molecular flexibility index (Phi) is 6.57. The Morgan fingerprint density at radius 2 is 1.81 bits per heavy atom. The number of sulfonamides is 1. The van der Waals surface area contributed by atoms with Gasteiger partial charge in [-0.2, -0.15) is 9.41 Å². The molecule has 10 heteroatoms. The summed E-state index contributed by atoms with van der Waals surface area (Å²) in [6.07, 6.45) is 3.36. The highest BCUT2D eigenvalue weighted by Gasteiger charge is 2.46. The normalized spacial score (nSPS) is 20.7. The van der Waals surface area contributed by atoms with Gasteiger partial charge >= 0.3 is 0 Å². The number of carbonyl (C=O) groups excluding carboxylic acids is 1. The zero-order valence-corrected chi connectivity index (χ0v) is 20.7. The predicted octanol–water partition coefficient (Wildman–Crippen LogP) is 2.97. The number of morpholine rings is 1. The standard InChI is InChI=1S/C26H27N5O4S/c1-26(19-31(22-9-3-2-4-10-22)29-24(26)20-7-6-12-27-18-20)25(32)28-21-8-5-11-23(17-21)36(33,34)30-13-15-35-16-14-30/h2-12,17-18H,13-16,19H2,1H3,(H,28,32). The molecule has 1 saturated heterocycles. The van der Waals surface area contributed by atoms with Gasteiger partial charge in [-0.05, 0) is 49.4 Å². The second kappa shape index (κ2) is 9.81. The van der Waals surface area contributed by atoms with Gasteiger partial charge in [-0.1, -0.05) is 24.3 Å². The first-order chi connectivity index (χ1) is 17.4. The van der Waals surface area contributed by atoms with Gasteiger partial charge in [-0.25, -0.2) is 8.42 Å². The molecule has 0 radical (unpaired) electrons. The second-order valence-corrected chi connectivity index (χ2v) is 10.9. The van der Waals surface area contributed by atoms with E-state index in [-0.39, 0.29) is 10.8 Å². The third-order valence-electron chi connectivity index (χ3n) is 6.40. The van der Waals surface area contributed by atoms with E-state index in [1.165, 1.54) is 16.4 Å². The van der Waals surface area contributed by atoms with E-state index in [2.05, 4.69) is 10.3 Å². The lowest BCUT2D eigenvalue weighted by Crippen LogP contribution is -2.43. The van der Waals surface area contributed by atoms with Crippen LogP contribution in [0, 0.1) is 5.41 Å². The summed E-state index contributed by atoms with van der Waals surface area (Å²) in [6.45, 7) is 3.49. The molecule has 1 N–H and O–H groups in total. The minimum absolute atomic E-state index is 0.130. The van der Waals surface area contributed by atoms with E-state index in [0.717, 1.165) is 11.3 Å². The quantitative estimate of drug-likeness (QED) is 0.552. The van der Waals surface area contributed by atoms with E-state index < -0.39 is 15.4 Å². The van der Waals surface area contributed by atoms with Crippen LogP contribution < -0.4 is 10.3 Å². The minimum atomic E-state index is -3.69. The molecule has 2 aliphatic heterocycles. The van der Waals surface area contributed by atoms with E-state index in [4.69, 9.17) is 9.84 Å². The molecule has 2 aliphatic rings. The highest BCUT2D eigenvalue weighted by Crippen LogP contribution is 2.35. The average Bonchev–Trinajstić information content (AvgIpc) is 3.29. The monoisotopic (exact) mass is 505 g/mol. The van der Waals surface area contributed by atoms with Crippen LogP contribution in [0.4, 0.5) is 11.4 Å². The summed E-state index contributed by atoms with van der Waals surface area (Å²) in [5.74, 6) is -0.288. The van der Waals surface area contributed by atoms with E-state index in [1.54, 1.807) is 35.6 Å². The number of hydrogen-bond donors (Lipinski definition) is 1. The van der Waals surface area contributed by atoms with Crippen LogP contribution in [-0.4, -0.2) is 62.2 Å². The summed E-state index contributed by atoms with van der Waals surface area (Å²) >= 11 is 0. The Hall–Kier alpha value is -3.60. The van der Waals surface area contributed by atoms with Gasteiger partial charge in [0.15, 0.2) is 0 Å². The Labute approximate surface area is 210 Å². The first-order valence-electron chi connectivity index (χ1n) is 11.7. The van der Waals surface area contributed by atoms with Crippen molar-refractivity contribution in [3.8, 4) is 0 Å². The van der Waals surface area contributed by atoms with Crippen LogP contribution in [-0.2, 0) is 19.6 Å². The van der Waals surface area contributed by atoms with Crippen LogP contribution in [0.2, 0.25) is 0 Å². The largest absolute Gasteiger partial charge is 0.379 e. The second-order valence-electron chi connectivity index (χ2n) is 8.91. The summed E-state index contributed by atoms with van der Waals surface area (Å²) in [7, 11) is -3.69. The molecule has 5 rings (SSSR count). The summed E-state index contributed by atoms with van der Waals surface area (Å²) in [6, 6.07) is 19.7. The van der Waals surface area contributed by atoms with Gasteiger partial charge in [0.05, 0.1) is 36.1 Å².